The van der Waals surface area contributed by atoms with Gasteiger partial charge in [0.2, 0.25) is 0 Å². The number of aromatic amines is 1. The number of hydrogen-bond acceptors (Lipinski definition) is 3. The van der Waals surface area contributed by atoms with Gasteiger partial charge < -0.3 is 19.5 Å². The van der Waals surface area contributed by atoms with Crippen molar-refractivity contribution in [3.8, 4) is 5.75 Å². The second-order valence-corrected chi connectivity index (χ2v) is 6.27. The Morgan fingerprint density at radius 2 is 1.68 bits per heavy atom. The van der Waals surface area contributed by atoms with Crippen LogP contribution in [0.3, 0.4) is 0 Å². The summed E-state index contributed by atoms with van der Waals surface area (Å²) in [6.45, 7) is 6.01. The number of carbonyl (C=O) groups excluding carboxylic acids is 2. The van der Waals surface area contributed by atoms with Crippen LogP contribution in [0.25, 0.3) is 0 Å². The molecule has 1 aromatic carbocycles. The first-order valence-electron chi connectivity index (χ1n) is 8.45. The lowest BCUT2D eigenvalue weighted by Crippen LogP contribution is -2.51. The van der Waals surface area contributed by atoms with Crippen LogP contribution < -0.4 is 4.74 Å². The molecule has 6 nitrogen and oxygen atoms in total. The van der Waals surface area contributed by atoms with Gasteiger partial charge in [-0.3, -0.25) is 9.59 Å². The number of aromatic nitrogens is 1. The topological polar surface area (TPSA) is 65.6 Å². The molecule has 3 rings (SSSR count). The van der Waals surface area contributed by atoms with Crippen molar-refractivity contribution >= 4 is 11.8 Å². The smallest absolute Gasteiger partial charge is 0.260 e. The van der Waals surface area contributed by atoms with Crippen molar-refractivity contribution in [3.63, 3.8) is 0 Å². The zero-order chi connectivity index (χ0) is 17.8. The third-order valence-corrected chi connectivity index (χ3v) is 4.41. The molecule has 132 valence electrons. The monoisotopic (exact) mass is 341 g/mol. The Hall–Kier alpha value is -2.76. The molecule has 2 amide bonds. The van der Waals surface area contributed by atoms with Crippen LogP contribution in [0.4, 0.5) is 0 Å². The van der Waals surface area contributed by atoms with Crippen LogP contribution in [0.5, 0.6) is 5.75 Å². The number of aryl methyl sites for hydroxylation is 2. The van der Waals surface area contributed by atoms with Crippen LogP contribution in [0.15, 0.2) is 36.4 Å². The molecule has 0 bridgehead atoms. The summed E-state index contributed by atoms with van der Waals surface area (Å²) in [5.74, 6) is 0.655. The van der Waals surface area contributed by atoms with Crippen molar-refractivity contribution < 1.29 is 14.3 Å². The molecule has 0 atom stereocenters. The van der Waals surface area contributed by atoms with Gasteiger partial charge >= 0.3 is 0 Å². The van der Waals surface area contributed by atoms with E-state index in [-0.39, 0.29) is 18.4 Å². The predicted octanol–water partition coefficient (Wildman–Crippen LogP) is 1.99. The van der Waals surface area contributed by atoms with Gasteiger partial charge in [-0.2, -0.15) is 0 Å². The van der Waals surface area contributed by atoms with Gasteiger partial charge in [-0.1, -0.05) is 18.2 Å². The summed E-state index contributed by atoms with van der Waals surface area (Å²) in [7, 11) is 0. The highest BCUT2D eigenvalue weighted by Crippen LogP contribution is 2.15. The Balaban J connectivity index is 1.50. The highest BCUT2D eigenvalue weighted by molar-refractivity contribution is 5.95. The first kappa shape index (κ1) is 17.1. The minimum absolute atomic E-state index is 0.0219. The quantitative estimate of drug-likeness (QED) is 0.925. The summed E-state index contributed by atoms with van der Waals surface area (Å²) in [6, 6.07) is 11.2. The summed E-state index contributed by atoms with van der Waals surface area (Å²) in [5, 5.41) is 0. The number of H-pyrrole nitrogens is 1. The average Bonchev–Trinajstić information content (AvgIpc) is 2.98. The molecule has 1 saturated heterocycles. The maximum absolute atomic E-state index is 12.6. The van der Waals surface area contributed by atoms with Crippen molar-refractivity contribution in [3.05, 3.63) is 53.3 Å². The van der Waals surface area contributed by atoms with Gasteiger partial charge in [0.15, 0.2) is 6.61 Å². The molecule has 0 radical (unpaired) electrons. The highest BCUT2D eigenvalue weighted by atomic mass is 16.5. The van der Waals surface area contributed by atoms with Gasteiger partial charge in [0.05, 0.1) is 5.56 Å². The molecule has 1 aliphatic rings. The van der Waals surface area contributed by atoms with Crippen LogP contribution in [0.1, 0.15) is 21.7 Å². The standard InChI is InChI=1S/C19H23N3O3/c1-14-12-17(15(2)20-14)19(24)22-10-8-21(9-11-22)18(23)13-25-16-6-4-3-5-7-16/h3-7,12,20H,8-11,13H2,1-2H3. The van der Waals surface area contributed by atoms with Gasteiger partial charge in [0, 0.05) is 37.6 Å². The number of nitrogens with one attached hydrogen (secondary N) is 1. The van der Waals surface area contributed by atoms with E-state index in [1.165, 1.54) is 0 Å². The summed E-state index contributed by atoms with van der Waals surface area (Å²) < 4.78 is 5.51. The summed E-state index contributed by atoms with van der Waals surface area (Å²) in [6.07, 6.45) is 0. The van der Waals surface area contributed by atoms with E-state index in [1.54, 1.807) is 9.80 Å². The summed E-state index contributed by atoms with van der Waals surface area (Å²) >= 11 is 0. The molecule has 0 aliphatic carbocycles. The van der Waals surface area contributed by atoms with Crippen LogP contribution in [-0.2, 0) is 4.79 Å². The predicted molar refractivity (Wildman–Crippen MR) is 94.7 cm³/mol. The Morgan fingerprint density at radius 3 is 2.28 bits per heavy atom. The molecule has 2 aromatic rings. The SMILES string of the molecule is Cc1cc(C(=O)N2CCN(C(=O)COc3ccccc3)CC2)c(C)[nH]1. The number of hydrogen-bond donors (Lipinski definition) is 1. The van der Waals surface area contributed by atoms with E-state index in [9.17, 15) is 9.59 Å². The maximum atomic E-state index is 12.6. The van der Waals surface area contributed by atoms with Crippen LogP contribution >= 0.6 is 0 Å². The van der Waals surface area contributed by atoms with Crippen molar-refractivity contribution in [2.75, 3.05) is 32.8 Å². The molecule has 6 heteroatoms. The molecule has 1 N–H and O–H groups in total. The molecule has 2 heterocycles. The molecule has 0 saturated carbocycles. The summed E-state index contributed by atoms with van der Waals surface area (Å²) in [4.78, 5) is 31.6. The van der Waals surface area contributed by atoms with Crippen LogP contribution in [0.2, 0.25) is 0 Å². The Bertz CT molecular complexity index is 747. The van der Waals surface area contributed by atoms with Gasteiger partial charge in [0.1, 0.15) is 5.75 Å². The van der Waals surface area contributed by atoms with Gasteiger partial charge in [-0.15, -0.1) is 0 Å². The van der Waals surface area contributed by atoms with Crippen LogP contribution in [0, 0.1) is 13.8 Å². The lowest BCUT2D eigenvalue weighted by molar-refractivity contribution is -0.134. The molecule has 1 aromatic heterocycles. The number of carbonyl (C=O) groups is 2. The van der Waals surface area contributed by atoms with Gasteiger partial charge in [0.25, 0.3) is 11.8 Å². The van der Waals surface area contributed by atoms with Crippen molar-refractivity contribution in [1.29, 1.82) is 0 Å². The van der Waals surface area contributed by atoms with E-state index in [1.807, 2.05) is 50.2 Å². The molecular weight excluding hydrogens is 318 g/mol. The Morgan fingerprint density at radius 1 is 1.04 bits per heavy atom. The highest BCUT2D eigenvalue weighted by Gasteiger charge is 2.26. The minimum Gasteiger partial charge on any atom is -0.484 e. The number of ether oxygens (including phenoxy) is 1. The van der Waals surface area contributed by atoms with Crippen molar-refractivity contribution in [2.45, 2.75) is 13.8 Å². The van der Waals surface area contributed by atoms with E-state index < -0.39 is 0 Å². The number of para-hydroxylation sites is 1. The molecule has 1 aliphatic heterocycles. The van der Waals surface area contributed by atoms with E-state index in [0.717, 1.165) is 11.4 Å². The van der Waals surface area contributed by atoms with Crippen LogP contribution in [-0.4, -0.2) is 59.4 Å². The third-order valence-electron chi connectivity index (χ3n) is 4.41. The zero-order valence-corrected chi connectivity index (χ0v) is 14.6. The van der Waals surface area contributed by atoms with E-state index in [2.05, 4.69) is 4.98 Å². The lowest BCUT2D eigenvalue weighted by Gasteiger charge is -2.34. The number of nitrogens with zero attached hydrogens (tertiary/aromatic N) is 2. The first-order chi connectivity index (χ1) is 12.0. The second-order valence-electron chi connectivity index (χ2n) is 6.27. The fraction of sp³-hybridized carbons (Fsp3) is 0.368. The lowest BCUT2D eigenvalue weighted by atomic mass is 10.2. The Kier molecular flexibility index (Phi) is 5.07. The second kappa shape index (κ2) is 7.42. The third kappa shape index (κ3) is 4.02. The zero-order valence-electron chi connectivity index (χ0n) is 14.6. The molecule has 0 unspecified atom stereocenters. The van der Waals surface area contributed by atoms with Gasteiger partial charge in [-0.05, 0) is 32.0 Å². The van der Waals surface area contributed by atoms with Crippen molar-refractivity contribution in [2.24, 2.45) is 0 Å². The first-order valence-corrected chi connectivity index (χ1v) is 8.45. The largest absolute Gasteiger partial charge is 0.484 e. The Labute approximate surface area is 147 Å². The minimum atomic E-state index is -0.0513. The van der Waals surface area contributed by atoms with Crippen molar-refractivity contribution in [1.82, 2.24) is 14.8 Å². The fourth-order valence-corrected chi connectivity index (χ4v) is 3.03. The van der Waals surface area contributed by atoms with E-state index >= 15 is 0 Å². The number of amides is 2. The molecule has 1 fully saturated rings. The number of piperazine rings is 1. The molecular formula is C19H23N3O3. The normalized spacial score (nSPS) is 14.5. The average molecular weight is 341 g/mol. The van der Waals surface area contributed by atoms with Gasteiger partial charge in [-0.25, -0.2) is 0 Å². The van der Waals surface area contributed by atoms with E-state index in [0.29, 0.717) is 37.5 Å². The molecule has 0 spiro atoms. The maximum Gasteiger partial charge on any atom is 0.260 e. The molecule has 25 heavy (non-hydrogen) atoms. The van der Waals surface area contributed by atoms with E-state index in [4.69, 9.17) is 4.74 Å². The number of benzene rings is 1. The summed E-state index contributed by atoms with van der Waals surface area (Å²) in [5.41, 5.74) is 2.58. The number of rotatable bonds is 4. The fourth-order valence-electron chi connectivity index (χ4n) is 3.03.